The number of thioether (sulfide) groups is 1. The van der Waals surface area contributed by atoms with Gasteiger partial charge in [-0.2, -0.15) is 0 Å². The highest BCUT2D eigenvalue weighted by molar-refractivity contribution is 7.98. The number of hydrogen-bond acceptors (Lipinski definition) is 5. The fourth-order valence-electron chi connectivity index (χ4n) is 2.88. The number of amides is 1. The quantitative estimate of drug-likeness (QED) is 0.449. The van der Waals surface area contributed by atoms with Gasteiger partial charge in [0, 0.05) is 35.9 Å². The van der Waals surface area contributed by atoms with Crippen LogP contribution >= 0.6 is 11.8 Å². The van der Waals surface area contributed by atoms with Gasteiger partial charge in [-0.1, -0.05) is 12.1 Å². The first kappa shape index (κ1) is 18.5. The lowest BCUT2D eigenvalue weighted by atomic mass is 9.90. The van der Waals surface area contributed by atoms with Crippen LogP contribution in [0.25, 0.3) is 0 Å². The van der Waals surface area contributed by atoms with Gasteiger partial charge in [-0.25, -0.2) is 0 Å². The summed E-state index contributed by atoms with van der Waals surface area (Å²) in [5.74, 6) is -0.549. The Morgan fingerprint density at radius 2 is 1.92 bits per heavy atom. The summed E-state index contributed by atoms with van der Waals surface area (Å²) in [6.07, 6.45) is 3.82. The Morgan fingerprint density at radius 3 is 2.54 bits per heavy atom. The number of hydrogen-bond donors (Lipinski definition) is 0. The first-order chi connectivity index (χ1) is 11.5. The lowest BCUT2D eigenvalue weighted by Crippen LogP contribution is -2.42. The van der Waals surface area contributed by atoms with Crippen LogP contribution in [0.5, 0.6) is 0 Å². The largest absolute Gasteiger partial charge is 0.469 e. The summed E-state index contributed by atoms with van der Waals surface area (Å²) in [6.45, 7) is 1.08. The molecule has 6 heteroatoms. The van der Waals surface area contributed by atoms with Crippen LogP contribution in [0.4, 0.5) is 0 Å². The molecule has 1 atom stereocenters. The molecule has 1 heterocycles. The van der Waals surface area contributed by atoms with E-state index in [0.717, 1.165) is 17.7 Å². The van der Waals surface area contributed by atoms with Gasteiger partial charge in [0.2, 0.25) is 5.91 Å². The Labute approximate surface area is 146 Å². The standard InChI is InChI=1S/C18H23NO4S/c1-23-17(21)10-9-16(20)19-11-3-4-14(12-19)18(22)13-5-7-15(24-2)8-6-13/h5-8,14H,3-4,9-12H2,1-2H3. The number of methoxy groups -OCH3 is 1. The number of carbonyl (C=O) groups excluding carboxylic acids is 3. The number of likely N-dealkylation sites (tertiary alicyclic amines) is 1. The summed E-state index contributed by atoms with van der Waals surface area (Å²) in [5.41, 5.74) is 0.696. The molecule has 0 aliphatic carbocycles. The fourth-order valence-corrected chi connectivity index (χ4v) is 3.29. The molecule has 1 saturated heterocycles. The van der Waals surface area contributed by atoms with Crippen molar-refractivity contribution in [2.75, 3.05) is 26.5 Å². The summed E-state index contributed by atoms with van der Waals surface area (Å²) in [7, 11) is 1.31. The van der Waals surface area contributed by atoms with Crippen LogP contribution in [0.3, 0.4) is 0 Å². The molecule has 0 radical (unpaired) electrons. The van der Waals surface area contributed by atoms with E-state index in [2.05, 4.69) is 4.74 Å². The minimum atomic E-state index is -0.387. The molecular formula is C18H23NO4S. The fraction of sp³-hybridized carbons (Fsp3) is 0.500. The van der Waals surface area contributed by atoms with Crippen molar-refractivity contribution in [3.05, 3.63) is 29.8 Å². The van der Waals surface area contributed by atoms with Crippen molar-refractivity contribution in [3.63, 3.8) is 0 Å². The molecule has 1 aromatic rings. The Hall–Kier alpha value is -1.82. The second-order valence-electron chi connectivity index (χ2n) is 5.85. The molecule has 0 aromatic heterocycles. The average molecular weight is 349 g/mol. The van der Waals surface area contributed by atoms with Crippen LogP contribution in [0.1, 0.15) is 36.0 Å². The second-order valence-corrected chi connectivity index (χ2v) is 6.73. The number of piperidine rings is 1. The third-order valence-electron chi connectivity index (χ3n) is 4.29. The highest BCUT2D eigenvalue weighted by Gasteiger charge is 2.29. The summed E-state index contributed by atoms with van der Waals surface area (Å²) in [4.78, 5) is 38.9. The molecule has 5 nitrogen and oxygen atoms in total. The molecule has 0 saturated carbocycles. The van der Waals surface area contributed by atoms with Crippen LogP contribution in [0, 0.1) is 5.92 Å². The average Bonchev–Trinajstić information content (AvgIpc) is 2.65. The molecule has 1 unspecified atom stereocenters. The topological polar surface area (TPSA) is 63.7 Å². The first-order valence-electron chi connectivity index (χ1n) is 8.08. The summed E-state index contributed by atoms with van der Waals surface area (Å²) >= 11 is 1.64. The van der Waals surface area contributed by atoms with E-state index in [9.17, 15) is 14.4 Å². The number of Topliss-reactive ketones (excluding diaryl/α,β-unsaturated/α-hetero) is 1. The van der Waals surface area contributed by atoms with Crippen molar-refractivity contribution in [1.82, 2.24) is 4.90 Å². The number of esters is 1. The van der Waals surface area contributed by atoms with Crippen molar-refractivity contribution in [2.24, 2.45) is 5.92 Å². The monoisotopic (exact) mass is 349 g/mol. The smallest absolute Gasteiger partial charge is 0.306 e. The molecule has 0 bridgehead atoms. The van der Waals surface area contributed by atoms with Crippen molar-refractivity contribution in [2.45, 2.75) is 30.6 Å². The molecule has 1 amide bonds. The maximum Gasteiger partial charge on any atom is 0.306 e. The Morgan fingerprint density at radius 1 is 1.21 bits per heavy atom. The third-order valence-corrected chi connectivity index (χ3v) is 5.03. The molecule has 0 N–H and O–H groups in total. The number of benzene rings is 1. The number of ether oxygens (including phenoxy) is 1. The highest BCUT2D eigenvalue weighted by atomic mass is 32.2. The first-order valence-corrected chi connectivity index (χ1v) is 9.30. The minimum Gasteiger partial charge on any atom is -0.469 e. The third kappa shape index (κ3) is 4.84. The van der Waals surface area contributed by atoms with Gasteiger partial charge in [-0.15, -0.1) is 11.8 Å². The van der Waals surface area contributed by atoms with Crippen molar-refractivity contribution < 1.29 is 19.1 Å². The van der Waals surface area contributed by atoms with Crippen LogP contribution in [-0.4, -0.2) is 49.0 Å². The highest BCUT2D eigenvalue weighted by Crippen LogP contribution is 2.23. The van der Waals surface area contributed by atoms with E-state index in [4.69, 9.17) is 0 Å². The Kier molecular flexibility index (Phi) is 6.85. The van der Waals surface area contributed by atoms with Gasteiger partial charge in [0.25, 0.3) is 0 Å². The summed E-state index contributed by atoms with van der Waals surface area (Å²) < 4.78 is 4.56. The molecule has 1 fully saturated rings. The summed E-state index contributed by atoms with van der Waals surface area (Å²) in [6, 6.07) is 7.60. The zero-order valence-corrected chi connectivity index (χ0v) is 14.9. The van der Waals surface area contributed by atoms with Gasteiger partial charge >= 0.3 is 5.97 Å². The van der Waals surface area contributed by atoms with Crippen LogP contribution in [-0.2, 0) is 14.3 Å². The molecule has 0 spiro atoms. The van der Waals surface area contributed by atoms with Gasteiger partial charge in [0.15, 0.2) is 5.78 Å². The minimum absolute atomic E-state index is 0.0839. The van der Waals surface area contributed by atoms with Gasteiger partial charge in [0.1, 0.15) is 0 Å². The molecule has 24 heavy (non-hydrogen) atoms. The van der Waals surface area contributed by atoms with Crippen molar-refractivity contribution >= 4 is 29.4 Å². The van der Waals surface area contributed by atoms with E-state index in [1.807, 2.05) is 30.5 Å². The van der Waals surface area contributed by atoms with Gasteiger partial charge in [-0.05, 0) is 31.2 Å². The van der Waals surface area contributed by atoms with E-state index >= 15 is 0 Å². The van der Waals surface area contributed by atoms with E-state index in [1.54, 1.807) is 16.7 Å². The SMILES string of the molecule is COC(=O)CCC(=O)N1CCCC(C(=O)c2ccc(SC)cc2)C1. The molecule has 2 rings (SSSR count). The molecule has 1 aliphatic rings. The lowest BCUT2D eigenvalue weighted by molar-refractivity contribution is -0.144. The number of carbonyl (C=O) groups is 3. The van der Waals surface area contributed by atoms with Crippen molar-refractivity contribution in [3.8, 4) is 0 Å². The van der Waals surface area contributed by atoms with Gasteiger partial charge in [-0.3, -0.25) is 14.4 Å². The second kappa shape index (κ2) is 8.87. The lowest BCUT2D eigenvalue weighted by Gasteiger charge is -2.32. The Balaban J connectivity index is 1.95. The normalized spacial score (nSPS) is 17.4. The molecule has 130 valence electrons. The molecule has 1 aromatic carbocycles. The number of rotatable bonds is 6. The predicted octanol–water partition coefficient (Wildman–Crippen LogP) is 2.78. The predicted molar refractivity (Wildman–Crippen MR) is 93.1 cm³/mol. The van der Waals surface area contributed by atoms with E-state index in [-0.39, 0.29) is 36.4 Å². The Bertz CT molecular complexity index is 600. The zero-order valence-electron chi connectivity index (χ0n) is 14.1. The van der Waals surface area contributed by atoms with Crippen molar-refractivity contribution in [1.29, 1.82) is 0 Å². The molecule has 1 aliphatic heterocycles. The van der Waals surface area contributed by atoms with E-state index < -0.39 is 0 Å². The van der Waals surface area contributed by atoms with Gasteiger partial charge in [0.05, 0.1) is 13.5 Å². The number of nitrogens with zero attached hydrogens (tertiary/aromatic N) is 1. The zero-order chi connectivity index (χ0) is 17.5. The number of ketones is 1. The maximum absolute atomic E-state index is 12.7. The summed E-state index contributed by atoms with van der Waals surface area (Å²) in [5, 5.41) is 0. The van der Waals surface area contributed by atoms with Crippen LogP contribution < -0.4 is 0 Å². The van der Waals surface area contributed by atoms with Crippen LogP contribution in [0.15, 0.2) is 29.2 Å². The molecular weight excluding hydrogens is 326 g/mol. The maximum atomic E-state index is 12.7. The van der Waals surface area contributed by atoms with E-state index in [0.29, 0.717) is 18.7 Å². The van der Waals surface area contributed by atoms with Crippen LogP contribution in [0.2, 0.25) is 0 Å². The van der Waals surface area contributed by atoms with E-state index in [1.165, 1.54) is 7.11 Å². The van der Waals surface area contributed by atoms with Gasteiger partial charge < -0.3 is 9.64 Å².